The van der Waals surface area contributed by atoms with Crippen molar-refractivity contribution in [3.8, 4) is 0 Å². The lowest BCUT2D eigenvalue weighted by atomic mass is 9.61. The molecule has 0 aromatic carbocycles. The Labute approximate surface area is 143 Å². The molecule has 0 saturated carbocycles. The molecule has 0 saturated heterocycles. The van der Waals surface area contributed by atoms with Crippen LogP contribution in [0.5, 0.6) is 0 Å². The third-order valence-corrected chi connectivity index (χ3v) is 5.95. The number of fused-ring (bicyclic) bond motifs is 1. The van der Waals surface area contributed by atoms with Gasteiger partial charge in [0, 0.05) is 17.6 Å². The van der Waals surface area contributed by atoms with Gasteiger partial charge in [0.1, 0.15) is 0 Å². The largest absolute Gasteiger partial charge is 0.425 e. The molecule has 0 fully saturated rings. The summed E-state index contributed by atoms with van der Waals surface area (Å²) in [6.45, 7) is 10.2. The van der Waals surface area contributed by atoms with Crippen molar-refractivity contribution in [1.82, 2.24) is 0 Å². The molecular formula is C20H28O4. The van der Waals surface area contributed by atoms with E-state index in [4.69, 9.17) is 4.74 Å². The number of ether oxygens (including phenoxy) is 1. The van der Waals surface area contributed by atoms with Crippen LogP contribution in [0.3, 0.4) is 0 Å². The maximum Gasteiger partial charge on any atom is 0.336 e. The summed E-state index contributed by atoms with van der Waals surface area (Å²) in [7, 11) is 0. The fourth-order valence-corrected chi connectivity index (χ4v) is 4.84. The molecular weight excluding hydrogens is 304 g/mol. The quantitative estimate of drug-likeness (QED) is 0.527. The summed E-state index contributed by atoms with van der Waals surface area (Å²) in [5.41, 5.74) is 2.98. The third kappa shape index (κ3) is 2.86. The SMILES string of the molecule is C=C1CC[C@@H]2CCC3=C(C2(C)C)[C@@](O)(C/C(C)=C/[C@H](O)C1)OC3=O. The first kappa shape index (κ1) is 17.4. The van der Waals surface area contributed by atoms with Gasteiger partial charge in [0.2, 0.25) is 5.79 Å². The summed E-state index contributed by atoms with van der Waals surface area (Å²) in [6.07, 6.45) is 5.26. The number of aliphatic hydroxyl groups excluding tert-OH is 1. The van der Waals surface area contributed by atoms with Crippen LogP contribution in [0, 0.1) is 11.3 Å². The smallest absolute Gasteiger partial charge is 0.336 e. The summed E-state index contributed by atoms with van der Waals surface area (Å²) < 4.78 is 5.45. The van der Waals surface area contributed by atoms with E-state index in [9.17, 15) is 15.0 Å². The van der Waals surface area contributed by atoms with Gasteiger partial charge in [0.05, 0.1) is 6.10 Å². The summed E-state index contributed by atoms with van der Waals surface area (Å²) in [5.74, 6) is -1.60. The normalized spacial score (nSPS) is 38.8. The number of carbonyl (C=O) groups is 1. The highest BCUT2D eigenvalue weighted by Crippen LogP contribution is 2.55. The van der Waals surface area contributed by atoms with E-state index in [0.717, 1.165) is 36.0 Å². The molecule has 1 aliphatic heterocycles. The molecule has 2 aliphatic carbocycles. The molecule has 24 heavy (non-hydrogen) atoms. The minimum Gasteiger partial charge on any atom is -0.425 e. The molecule has 1 heterocycles. The molecule has 0 spiro atoms. The number of aliphatic hydroxyl groups is 2. The Morgan fingerprint density at radius 3 is 2.67 bits per heavy atom. The minimum atomic E-state index is -1.58. The van der Waals surface area contributed by atoms with Crippen LogP contribution in [0.2, 0.25) is 0 Å². The second kappa shape index (κ2) is 5.85. The van der Waals surface area contributed by atoms with Crippen molar-refractivity contribution in [3.05, 3.63) is 34.9 Å². The lowest BCUT2D eigenvalue weighted by Gasteiger charge is -2.44. The van der Waals surface area contributed by atoms with Crippen LogP contribution >= 0.6 is 0 Å². The van der Waals surface area contributed by atoms with Gasteiger partial charge >= 0.3 is 5.97 Å². The van der Waals surface area contributed by atoms with Crippen molar-refractivity contribution in [3.63, 3.8) is 0 Å². The Bertz CT molecular complexity index is 640. The predicted molar refractivity (Wildman–Crippen MR) is 91.9 cm³/mol. The van der Waals surface area contributed by atoms with Crippen molar-refractivity contribution in [2.45, 2.75) is 71.2 Å². The molecule has 0 radical (unpaired) electrons. The van der Waals surface area contributed by atoms with Gasteiger partial charge in [0.15, 0.2) is 0 Å². The van der Waals surface area contributed by atoms with Crippen LogP contribution in [0.25, 0.3) is 0 Å². The van der Waals surface area contributed by atoms with Gasteiger partial charge in [-0.25, -0.2) is 4.79 Å². The van der Waals surface area contributed by atoms with E-state index >= 15 is 0 Å². The number of hydrogen-bond acceptors (Lipinski definition) is 4. The van der Waals surface area contributed by atoms with Crippen LogP contribution in [-0.4, -0.2) is 28.1 Å². The van der Waals surface area contributed by atoms with Crippen LogP contribution in [0.4, 0.5) is 0 Å². The first-order valence-corrected chi connectivity index (χ1v) is 8.85. The average Bonchev–Trinajstić information content (AvgIpc) is 2.67. The summed E-state index contributed by atoms with van der Waals surface area (Å²) in [4.78, 5) is 12.3. The van der Waals surface area contributed by atoms with Gasteiger partial charge in [-0.3, -0.25) is 0 Å². The van der Waals surface area contributed by atoms with E-state index in [0.29, 0.717) is 24.3 Å². The molecule has 0 aromatic rings. The third-order valence-electron chi connectivity index (χ3n) is 5.95. The zero-order chi connectivity index (χ0) is 17.7. The Balaban J connectivity index is 2.09. The molecule has 3 aliphatic rings. The second-order valence-electron chi connectivity index (χ2n) is 8.23. The summed E-state index contributed by atoms with van der Waals surface area (Å²) >= 11 is 0. The highest BCUT2D eigenvalue weighted by atomic mass is 16.7. The Morgan fingerprint density at radius 2 is 1.96 bits per heavy atom. The maximum atomic E-state index is 12.3. The molecule has 3 rings (SSSR count). The zero-order valence-corrected chi connectivity index (χ0v) is 14.9. The lowest BCUT2D eigenvalue weighted by Crippen LogP contribution is -2.42. The summed E-state index contributed by atoms with van der Waals surface area (Å²) in [6, 6.07) is 0. The van der Waals surface area contributed by atoms with Crippen molar-refractivity contribution < 1.29 is 19.7 Å². The van der Waals surface area contributed by atoms with Gasteiger partial charge in [0.25, 0.3) is 0 Å². The summed E-state index contributed by atoms with van der Waals surface area (Å²) in [5, 5.41) is 21.4. The number of carbonyl (C=O) groups excluding carboxylic acids is 1. The standard InChI is InChI=1S/C20H28O4/c1-12-5-6-14-7-8-16-17(19(14,3)4)20(23,24-18(16)22)11-13(2)10-15(21)9-12/h10,14-15,21,23H,1,5-9,11H2,2-4H3/b13-10+/t14-,15-,20-/m1/s1. The van der Waals surface area contributed by atoms with E-state index in [1.807, 2.05) is 6.92 Å². The maximum absolute atomic E-state index is 12.3. The second-order valence-corrected chi connectivity index (χ2v) is 8.23. The average molecular weight is 332 g/mol. The zero-order valence-electron chi connectivity index (χ0n) is 14.9. The van der Waals surface area contributed by atoms with E-state index in [1.54, 1.807) is 6.08 Å². The lowest BCUT2D eigenvalue weighted by molar-refractivity contribution is -0.184. The number of hydrogen-bond donors (Lipinski definition) is 2. The number of esters is 1. The van der Waals surface area contributed by atoms with Crippen LogP contribution in [0.1, 0.15) is 59.3 Å². The Kier molecular flexibility index (Phi) is 4.25. The van der Waals surface area contributed by atoms with Crippen molar-refractivity contribution in [1.29, 1.82) is 0 Å². The molecule has 0 amide bonds. The molecule has 2 bridgehead atoms. The molecule has 132 valence electrons. The van der Waals surface area contributed by atoms with Gasteiger partial charge < -0.3 is 14.9 Å². The highest BCUT2D eigenvalue weighted by molar-refractivity contribution is 5.93. The molecule has 0 aromatic heterocycles. The topological polar surface area (TPSA) is 66.8 Å². The van der Waals surface area contributed by atoms with Gasteiger partial charge in [-0.15, -0.1) is 0 Å². The Morgan fingerprint density at radius 1 is 1.29 bits per heavy atom. The van der Waals surface area contributed by atoms with E-state index in [-0.39, 0.29) is 17.8 Å². The molecule has 4 nitrogen and oxygen atoms in total. The first-order chi connectivity index (χ1) is 11.1. The molecule has 0 unspecified atom stereocenters. The van der Waals surface area contributed by atoms with Crippen LogP contribution in [-0.2, 0) is 9.53 Å². The first-order valence-electron chi connectivity index (χ1n) is 8.85. The molecule has 2 N–H and O–H groups in total. The fourth-order valence-electron chi connectivity index (χ4n) is 4.84. The van der Waals surface area contributed by atoms with Crippen LogP contribution < -0.4 is 0 Å². The van der Waals surface area contributed by atoms with Gasteiger partial charge in [-0.2, -0.15) is 0 Å². The number of rotatable bonds is 0. The predicted octanol–water partition coefficient (Wildman–Crippen LogP) is 3.40. The minimum absolute atomic E-state index is 0.206. The van der Waals surface area contributed by atoms with Crippen molar-refractivity contribution in [2.24, 2.45) is 11.3 Å². The highest BCUT2D eigenvalue weighted by Gasteiger charge is 2.55. The van der Waals surface area contributed by atoms with Crippen molar-refractivity contribution >= 4 is 5.97 Å². The van der Waals surface area contributed by atoms with Gasteiger partial charge in [-0.05, 0) is 50.4 Å². The van der Waals surface area contributed by atoms with Crippen molar-refractivity contribution in [2.75, 3.05) is 0 Å². The monoisotopic (exact) mass is 332 g/mol. The van der Waals surface area contributed by atoms with E-state index in [2.05, 4.69) is 20.4 Å². The molecule has 3 atom stereocenters. The van der Waals surface area contributed by atoms with E-state index in [1.165, 1.54) is 0 Å². The molecule has 4 heteroatoms. The van der Waals surface area contributed by atoms with Gasteiger partial charge in [-0.1, -0.05) is 37.6 Å². The fraction of sp³-hybridized carbons (Fsp3) is 0.650. The van der Waals surface area contributed by atoms with E-state index < -0.39 is 11.9 Å². The Hall–Kier alpha value is -1.39. The van der Waals surface area contributed by atoms with Crippen LogP contribution in [0.15, 0.2) is 34.9 Å².